The SMILES string of the molecule is CC(Oc1ccc(OCc2ccccc2)cc1)C(=O)N/N=C\c1ccccc1. The fourth-order valence-electron chi connectivity index (χ4n) is 2.41. The highest BCUT2D eigenvalue weighted by atomic mass is 16.5. The van der Waals surface area contributed by atoms with Crippen molar-refractivity contribution in [2.45, 2.75) is 19.6 Å². The first-order valence-corrected chi connectivity index (χ1v) is 9.02. The van der Waals surface area contributed by atoms with Crippen LogP contribution in [0.3, 0.4) is 0 Å². The topological polar surface area (TPSA) is 59.9 Å². The van der Waals surface area contributed by atoms with Crippen molar-refractivity contribution in [3.8, 4) is 11.5 Å². The van der Waals surface area contributed by atoms with Crippen molar-refractivity contribution in [3.63, 3.8) is 0 Å². The van der Waals surface area contributed by atoms with Crippen LogP contribution in [0.4, 0.5) is 0 Å². The Morgan fingerprint density at radius 3 is 2.21 bits per heavy atom. The Hall–Kier alpha value is -3.60. The number of hydrazone groups is 1. The monoisotopic (exact) mass is 374 g/mol. The summed E-state index contributed by atoms with van der Waals surface area (Å²) >= 11 is 0. The average Bonchev–Trinajstić information content (AvgIpc) is 2.74. The summed E-state index contributed by atoms with van der Waals surface area (Å²) in [5, 5.41) is 3.95. The Morgan fingerprint density at radius 1 is 0.929 bits per heavy atom. The molecule has 0 heterocycles. The lowest BCUT2D eigenvalue weighted by molar-refractivity contribution is -0.127. The molecule has 0 aliphatic carbocycles. The van der Waals surface area contributed by atoms with Gasteiger partial charge in [-0.15, -0.1) is 0 Å². The number of carbonyl (C=O) groups excluding carboxylic acids is 1. The van der Waals surface area contributed by atoms with Crippen molar-refractivity contribution in [2.75, 3.05) is 0 Å². The van der Waals surface area contributed by atoms with E-state index in [9.17, 15) is 4.79 Å². The predicted octanol–water partition coefficient (Wildman–Crippen LogP) is 4.18. The van der Waals surface area contributed by atoms with Crippen LogP contribution in [0.25, 0.3) is 0 Å². The van der Waals surface area contributed by atoms with Crippen LogP contribution in [0.5, 0.6) is 11.5 Å². The van der Waals surface area contributed by atoms with Crippen LogP contribution in [0, 0.1) is 0 Å². The molecule has 3 aromatic carbocycles. The van der Waals surface area contributed by atoms with Crippen LogP contribution in [0.1, 0.15) is 18.1 Å². The van der Waals surface area contributed by atoms with E-state index in [1.165, 1.54) is 0 Å². The summed E-state index contributed by atoms with van der Waals surface area (Å²) < 4.78 is 11.4. The van der Waals surface area contributed by atoms with Gasteiger partial charge in [0.2, 0.25) is 0 Å². The predicted molar refractivity (Wildman–Crippen MR) is 109 cm³/mol. The molecule has 0 fully saturated rings. The van der Waals surface area contributed by atoms with Crippen LogP contribution in [0.15, 0.2) is 90.0 Å². The number of hydrogen-bond acceptors (Lipinski definition) is 4. The van der Waals surface area contributed by atoms with Crippen molar-refractivity contribution in [1.82, 2.24) is 5.43 Å². The van der Waals surface area contributed by atoms with E-state index >= 15 is 0 Å². The summed E-state index contributed by atoms with van der Waals surface area (Å²) in [6.07, 6.45) is 0.910. The van der Waals surface area contributed by atoms with Crippen molar-refractivity contribution in [3.05, 3.63) is 96.1 Å². The van der Waals surface area contributed by atoms with Gasteiger partial charge in [0, 0.05) is 0 Å². The average molecular weight is 374 g/mol. The van der Waals surface area contributed by atoms with Crippen LogP contribution >= 0.6 is 0 Å². The van der Waals surface area contributed by atoms with Gasteiger partial charge in [-0.1, -0.05) is 60.7 Å². The van der Waals surface area contributed by atoms with Crippen molar-refractivity contribution in [2.24, 2.45) is 5.10 Å². The first kappa shape index (κ1) is 19.2. The Kier molecular flexibility index (Phi) is 6.79. The first-order valence-electron chi connectivity index (χ1n) is 9.02. The van der Waals surface area contributed by atoms with E-state index in [2.05, 4.69) is 10.5 Å². The normalized spacial score (nSPS) is 11.8. The van der Waals surface area contributed by atoms with Crippen molar-refractivity contribution >= 4 is 12.1 Å². The molecule has 1 amide bonds. The van der Waals surface area contributed by atoms with Gasteiger partial charge in [0.1, 0.15) is 18.1 Å². The molecule has 5 heteroatoms. The van der Waals surface area contributed by atoms with Gasteiger partial charge >= 0.3 is 0 Å². The molecule has 0 radical (unpaired) electrons. The first-order chi connectivity index (χ1) is 13.7. The lowest BCUT2D eigenvalue weighted by Gasteiger charge is -2.13. The molecule has 1 unspecified atom stereocenters. The summed E-state index contributed by atoms with van der Waals surface area (Å²) in [6.45, 7) is 2.17. The quantitative estimate of drug-likeness (QED) is 0.475. The van der Waals surface area contributed by atoms with Gasteiger partial charge in [-0.25, -0.2) is 5.43 Å². The zero-order valence-corrected chi connectivity index (χ0v) is 15.6. The van der Waals surface area contributed by atoms with Gasteiger partial charge < -0.3 is 9.47 Å². The highest BCUT2D eigenvalue weighted by Gasteiger charge is 2.13. The van der Waals surface area contributed by atoms with Crippen LogP contribution in [-0.2, 0) is 11.4 Å². The molecule has 0 bridgehead atoms. The summed E-state index contributed by atoms with van der Waals surface area (Å²) in [4.78, 5) is 12.1. The highest BCUT2D eigenvalue weighted by molar-refractivity contribution is 5.84. The maximum absolute atomic E-state index is 12.1. The summed E-state index contributed by atoms with van der Waals surface area (Å²) in [7, 11) is 0. The molecule has 142 valence electrons. The molecule has 5 nitrogen and oxygen atoms in total. The third-order valence-electron chi connectivity index (χ3n) is 3.94. The van der Waals surface area contributed by atoms with Gasteiger partial charge in [-0.2, -0.15) is 5.10 Å². The number of nitrogens with one attached hydrogen (secondary N) is 1. The maximum Gasteiger partial charge on any atom is 0.280 e. The molecule has 0 aromatic heterocycles. The van der Waals surface area contributed by atoms with E-state index < -0.39 is 6.10 Å². The number of carbonyl (C=O) groups is 1. The summed E-state index contributed by atoms with van der Waals surface area (Å²) in [5.41, 5.74) is 4.49. The molecule has 1 atom stereocenters. The molecule has 0 saturated heterocycles. The number of amides is 1. The minimum atomic E-state index is -0.677. The van der Waals surface area contributed by atoms with Gasteiger partial charge in [-0.05, 0) is 42.3 Å². The van der Waals surface area contributed by atoms with E-state index in [0.717, 1.165) is 16.9 Å². The van der Waals surface area contributed by atoms with Gasteiger partial charge in [0.25, 0.3) is 5.91 Å². The summed E-state index contributed by atoms with van der Waals surface area (Å²) in [5.74, 6) is 0.999. The van der Waals surface area contributed by atoms with Crippen LogP contribution in [0.2, 0.25) is 0 Å². The largest absolute Gasteiger partial charge is 0.489 e. The fraction of sp³-hybridized carbons (Fsp3) is 0.130. The zero-order valence-electron chi connectivity index (χ0n) is 15.6. The maximum atomic E-state index is 12.1. The number of nitrogens with zero attached hydrogens (tertiary/aromatic N) is 1. The molecule has 3 aromatic rings. The number of benzene rings is 3. The standard InChI is InChI=1S/C23H22N2O3/c1-18(23(26)25-24-16-19-8-4-2-5-9-19)28-22-14-12-21(13-15-22)27-17-20-10-6-3-7-11-20/h2-16,18H,17H2,1H3,(H,25,26)/b24-16-. The Balaban J connectivity index is 1.46. The highest BCUT2D eigenvalue weighted by Crippen LogP contribution is 2.19. The van der Waals surface area contributed by atoms with E-state index in [4.69, 9.17) is 9.47 Å². The third-order valence-corrected chi connectivity index (χ3v) is 3.94. The van der Waals surface area contributed by atoms with E-state index in [1.807, 2.05) is 72.8 Å². The number of hydrogen-bond donors (Lipinski definition) is 1. The second-order valence-corrected chi connectivity index (χ2v) is 6.15. The third kappa shape index (κ3) is 5.99. The van der Waals surface area contributed by atoms with Crippen molar-refractivity contribution < 1.29 is 14.3 Å². The molecule has 0 aliphatic rings. The molecule has 1 N–H and O–H groups in total. The van der Waals surface area contributed by atoms with Gasteiger partial charge in [-0.3, -0.25) is 4.79 Å². The van der Waals surface area contributed by atoms with E-state index in [0.29, 0.717) is 12.4 Å². The van der Waals surface area contributed by atoms with Crippen LogP contribution < -0.4 is 14.9 Å². The minimum absolute atomic E-state index is 0.323. The van der Waals surface area contributed by atoms with Crippen LogP contribution in [-0.4, -0.2) is 18.2 Å². The summed E-state index contributed by atoms with van der Waals surface area (Å²) in [6, 6.07) is 26.7. The lowest BCUT2D eigenvalue weighted by Crippen LogP contribution is -2.33. The van der Waals surface area contributed by atoms with Gasteiger partial charge in [0.15, 0.2) is 6.10 Å². The molecular weight excluding hydrogens is 352 g/mol. The smallest absolute Gasteiger partial charge is 0.280 e. The minimum Gasteiger partial charge on any atom is -0.489 e. The Morgan fingerprint density at radius 2 is 1.54 bits per heavy atom. The Bertz CT molecular complexity index is 894. The zero-order chi connectivity index (χ0) is 19.6. The molecular formula is C23H22N2O3. The lowest BCUT2D eigenvalue weighted by atomic mass is 10.2. The second kappa shape index (κ2) is 9.92. The molecule has 0 saturated carbocycles. The van der Waals surface area contributed by atoms with E-state index in [1.54, 1.807) is 25.3 Å². The number of ether oxygens (including phenoxy) is 2. The van der Waals surface area contributed by atoms with E-state index in [-0.39, 0.29) is 5.91 Å². The Labute approximate surface area is 164 Å². The fourth-order valence-corrected chi connectivity index (χ4v) is 2.41. The molecule has 3 rings (SSSR count). The molecule has 0 spiro atoms. The van der Waals surface area contributed by atoms with Crippen molar-refractivity contribution in [1.29, 1.82) is 0 Å². The molecule has 28 heavy (non-hydrogen) atoms. The van der Waals surface area contributed by atoms with Gasteiger partial charge in [0.05, 0.1) is 6.21 Å². The second-order valence-electron chi connectivity index (χ2n) is 6.15. The number of rotatable bonds is 8. The molecule has 0 aliphatic heterocycles.